The van der Waals surface area contributed by atoms with Crippen LogP contribution >= 0.6 is 0 Å². The number of halogens is 3. The van der Waals surface area contributed by atoms with Crippen LogP contribution in [-0.2, 0) is 10.9 Å². The fourth-order valence-electron chi connectivity index (χ4n) is 3.41. The van der Waals surface area contributed by atoms with Gasteiger partial charge in [0.1, 0.15) is 0 Å². The second-order valence-electron chi connectivity index (χ2n) is 7.43. The number of anilines is 1. The Morgan fingerprint density at radius 2 is 1.77 bits per heavy atom. The van der Waals surface area contributed by atoms with E-state index in [1.54, 1.807) is 0 Å². The molecule has 0 aromatic heterocycles. The summed E-state index contributed by atoms with van der Waals surface area (Å²) in [6.45, 7) is 6.92. The van der Waals surface area contributed by atoms with Crippen molar-refractivity contribution in [1.29, 1.82) is 0 Å². The molecule has 0 saturated carbocycles. The van der Waals surface area contributed by atoms with Crippen molar-refractivity contribution in [2.24, 2.45) is 10.7 Å². The summed E-state index contributed by atoms with van der Waals surface area (Å²) in [5, 5.41) is 3.08. The van der Waals surface area contributed by atoms with E-state index >= 15 is 0 Å². The number of ether oxygens (including phenoxy) is 1. The molecule has 0 aliphatic carbocycles. The molecule has 1 unspecified atom stereocenters. The molecule has 5 nitrogen and oxygen atoms in total. The van der Waals surface area contributed by atoms with Crippen LogP contribution in [0.3, 0.4) is 0 Å². The largest absolute Gasteiger partial charge is 0.416 e. The molecule has 1 aliphatic rings. The van der Waals surface area contributed by atoms with Gasteiger partial charge in [0.15, 0.2) is 5.96 Å². The van der Waals surface area contributed by atoms with Gasteiger partial charge >= 0.3 is 6.18 Å². The lowest BCUT2D eigenvalue weighted by Crippen LogP contribution is -2.40. The van der Waals surface area contributed by atoms with E-state index in [1.165, 1.54) is 17.7 Å². The number of guanidine groups is 1. The van der Waals surface area contributed by atoms with E-state index in [0.29, 0.717) is 32.8 Å². The fraction of sp³-hybridized carbons (Fsp3) is 0.409. The second kappa shape index (κ2) is 9.49. The predicted molar refractivity (Wildman–Crippen MR) is 113 cm³/mol. The number of morpholine rings is 1. The third-order valence-electron chi connectivity index (χ3n) is 5.32. The van der Waals surface area contributed by atoms with E-state index in [1.807, 2.05) is 32.0 Å². The molecule has 0 bridgehead atoms. The van der Waals surface area contributed by atoms with Gasteiger partial charge in [0, 0.05) is 18.8 Å². The van der Waals surface area contributed by atoms with Gasteiger partial charge in [0.2, 0.25) is 0 Å². The number of aryl methyl sites for hydroxylation is 2. The van der Waals surface area contributed by atoms with Gasteiger partial charge in [0.05, 0.1) is 31.4 Å². The number of aliphatic imine (C=N–C) groups is 1. The number of hydrogen-bond acceptors (Lipinski definition) is 3. The van der Waals surface area contributed by atoms with Crippen LogP contribution in [0, 0.1) is 13.8 Å². The van der Waals surface area contributed by atoms with Crippen LogP contribution in [-0.4, -0.2) is 43.7 Å². The topological polar surface area (TPSA) is 62.9 Å². The molecular formula is C22H27F3N4O. The zero-order chi connectivity index (χ0) is 21.7. The Kier molecular flexibility index (Phi) is 6.99. The number of benzene rings is 2. The fourth-order valence-corrected chi connectivity index (χ4v) is 3.41. The predicted octanol–water partition coefficient (Wildman–Crippen LogP) is 4.12. The summed E-state index contributed by atoms with van der Waals surface area (Å²) in [4.78, 5) is 6.64. The normalized spacial score (nSPS) is 17.0. The first-order valence-electron chi connectivity index (χ1n) is 9.87. The monoisotopic (exact) mass is 420 g/mol. The maximum atomic E-state index is 12.9. The highest BCUT2D eigenvalue weighted by Crippen LogP contribution is 2.31. The van der Waals surface area contributed by atoms with E-state index < -0.39 is 11.7 Å². The highest BCUT2D eigenvalue weighted by Gasteiger charge is 2.31. The zero-order valence-corrected chi connectivity index (χ0v) is 17.2. The maximum Gasteiger partial charge on any atom is 0.416 e. The van der Waals surface area contributed by atoms with Crippen LogP contribution in [0.4, 0.5) is 18.9 Å². The van der Waals surface area contributed by atoms with Gasteiger partial charge in [-0.25, -0.2) is 0 Å². The summed E-state index contributed by atoms with van der Waals surface area (Å²) in [7, 11) is 0. The summed E-state index contributed by atoms with van der Waals surface area (Å²) in [6, 6.07) is 11.0. The molecule has 1 fully saturated rings. The SMILES string of the molecule is Cc1ccc(NC(N)=NCC(c2ccc(C(F)(F)F)cc2)N2CCOCC2)cc1C. The van der Waals surface area contributed by atoms with E-state index in [-0.39, 0.29) is 12.0 Å². The number of nitrogens with zero attached hydrogens (tertiary/aromatic N) is 2. The van der Waals surface area contributed by atoms with E-state index in [9.17, 15) is 13.2 Å². The third-order valence-corrected chi connectivity index (χ3v) is 5.32. The van der Waals surface area contributed by atoms with Crippen LogP contribution in [0.15, 0.2) is 47.5 Å². The molecule has 2 aromatic carbocycles. The summed E-state index contributed by atoms with van der Waals surface area (Å²) in [5.74, 6) is 0.267. The minimum Gasteiger partial charge on any atom is -0.379 e. The Balaban J connectivity index is 1.76. The van der Waals surface area contributed by atoms with Gasteiger partial charge < -0.3 is 15.8 Å². The molecule has 3 N–H and O–H groups in total. The van der Waals surface area contributed by atoms with Crippen molar-refractivity contribution in [3.8, 4) is 0 Å². The van der Waals surface area contributed by atoms with Crippen LogP contribution in [0.2, 0.25) is 0 Å². The zero-order valence-electron chi connectivity index (χ0n) is 17.2. The first-order chi connectivity index (χ1) is 14.2. The highest BCUT2D eigenvalue weighted by molar-refractivity contribution is 5.92. The third kappa shape index (κ3) is 5.73. The van der Waals surface area contributed by atoms with E-state index in [4.69, 9.17) is 10.5 Å². The molecule has 0 spiro atoms. The first kappa shape index (κ1) is 22.1. The lowest BCUT2D eigenvalue weighted by atomic mass is 10.0. The summed E-state index contributed by atoms with van der Waals surface area (Å²) in [6.07, 6.45) is -4.36. The average molecular weight is 420 g/mol. The smallest absolute Gasteiger partial charge is 0.379 e. The van der Waals surface area contributed by atoms with Crippen molar-refractivity contribution in [2.75, 3.05) is 38.2 Å². The van der Waals surface area contributed by atoms with Gasteiger partial charge in [-0.2, -0.15) is 13.2 Å². The Labute approximate surface area is 174 Å². The first-order valence-corrected chi connectivity index (χ1v) is 9.87. The molecule has 3 rings (SSSR count). The van der Waals surface area contributed by atoms with Gasteiger partial charge in [-0.1, -0.05) is 18.2 Å². The average Bonchev–Trinajstić information content (AvgIpc) is 2.71. The number of nitrogens with one attached hydrogen (secondary N) is 1. The van der Waals surface area contributed by atoms with Crippen LogP contribution in [0.5, 0.6) is 0 Å². The molecule has 0 radical (unpaired) electrons. The molecule has 1 heterocycles. The second-order valence-corrected chi connectivity index (χ2v) is 7.43. The quantitative estimate of drug-likeness (QED) is 0.564. The lowest BCUT2D eigenvalue weighted by molar-refractivity contribution is -0.137. The molecule has 1 aliphatic heterocycles. The summed E-state index contributed by atoms with van der Waals surface area (Å²) < 4.78 is 44.2. The Hall–Kier alpha value is -2.58. The van der Waals surface area contributed by atoms with Crippen molar-refractivity contribution in [1.82, 2.24) is 4.90 Å². The Morgan fingerprint density at radius 1 is 1.10 bits per heavy atom. The summed E-state index contributed by atoms with van der Waals surface area (Å²) in [5.41, 5.74) is 9.36. The van der Waals surface area contributed by atoms with Crippen molar-refractivity contribution < 1.29 is 17.9 Å². The van der Waals surface area contributed by atoms with Gasteiger partial charge in [-0.05, 0) is 54.8 Å². The number of rotatable bonds is 5. The standard InChI is InChI=1S/C22H27F3N4O/c1-15-3-8-19(13-16(15)2)28-21(26)27-14-20(29-9-11-30-12-10-29)17-4-6-18(7-5-17)22(23,24)25/h3-8,13,20H,9-12,14H2,1-2H3,(H3,26,27,28). The molecule has 162 valence electrons. The number of hydrogen-bond donors (Lipinski definition) is 2. The van der Waals surface area contributed by atoms with Crippen molar-refractivity contribution in [3.63, 3.8) is 0 Å². The Bertz CT molecular complexity index is 875. The molecule has 0 amide bonds. The molecule has 2 aromatic rings. The van der Waals surface area contributed by atoms with Gasteiger partial charge in [0.25, 0.3) is 0 Å². The Morgan fingerprint density at radius 3 is 2.37 bits per heavy atom. The maximum absolute atomic E-state index is 12.9. The molecule has 8 heteroatoms. The molecule has 1 saturated heterocycles. The number of nitrogens with two attached hydrogens (primary N) is 1. The van der Waals surface area contributed by atoms with Crippen molar-refractivity contribution >= 4 is 11.6 Å². The number of alkyl halides is 3. The van der Waals surface area contributed by atoms with Gasteiger partial charge in [-0.15, -0.1) is 0 Å². The van der Waals surface area contributed by atoms with E-state index in [2.05, 4.69) is 15.2 Å². The minimum atomic E-state index is -4.36. The summed E-state index contributed by atoms with van der Waals surface area (Å²) >= 11 is 0. The molecule has 1 atom stereocenters. The minimum absolute atomic E-state index is 0.184. The van der Waals surface area contributed by atoms with Crippen LogP contribution in [0.25, 0.3) is 0 Å². The van der Waals surface area contributed by atoms with E-state index in [0.717, 1.165) is 28.9 Å². The van der Waals surface area contributed by atoms with Crippen molar-refractivity contribution in [2.45, 2.75) is 26.1 Å². The highest BCUT2D eigenvalue weighted by atomic mass is 19.4. The van der Waals surface area contributed by atoms with Crippen LogP contribution in [0.1, 0.15) is 28.3 Å². The molecule has 30 heavy (non-hydrogen) atoms. The van der Waals surface area contributed by atoms with Gasteiger partial charge in [-0.3, -0.25) is 9.89 Å². The lowest BCUT2D eigenvalue weighted by Gasteiger charge is -2.34. The molecular weight excluding hydrogens is 393 g/mol. The van der Waals surface area contributed by atoms with Crippen LogP contribution < -0.4 is 11.1 Å². The van der Waals surface area contributed by atoms with Crippen molar-refractivity contribution in [3.05, 3.63) is 64.7 Å².